The summed E-state index contributed by atoms with van der Waals surface area (Å²) in [5.74, 6) is 0.847. The summed E-state index contributed by atoms with van der Waals surface area (Å²) in [6, 6.07) is 10.0. The smallest absolute Gasteiger partial charge is 0.241 e. The van der Waals surface area contributed by atoms with Crippen LogP contribution in [-0.4, -0.2) is 47.3 Å². The van der Waals surface area contributed by atoms with Gasteiger partial charge in [0, 0.05) is 24.5 Å². The number of ether oxygens (including phenoxy) is 1. The summed E-state index contributed by atoms with van der Waals surface area (Å²) in [5, 5.41) is 7.16. The number of nitrogens with zero attached hydrogens (tertiary/aromatic N) is 3. The van der Waals surface area contributed by atoms with Crippen molar-refractivity contribution in [2.24, 2.45) is 0 Å². The van der Waals surface area contributed by atoms with Crippen molar-refractivity contribution >= 4 is 5.91 Å². The molecule has 134 valence electrons. The molecule has 1 unspecified atom stereocenters. The summed E-state index contributed by atoms with van der Waals surface area (Å²) in [7, 11) is 1.70. The molecule has 6 nitrogen and oxygen atoms in total. The van der Waals surface area contributed by atoms with Crippen LogP contribution in [0.4, 0.5) is 0 Å². The summed E-state index contributed by atoms with van der Waals surface area (Å²) in [6.45, 7) is 2.92. The van der Waals surface area contributed by atoms with Gasteiger partial charge in [-0.2, -0.15) is 5.10 Å². The molecule has 1 amide bonds. The third-order valence-electron chi connectivity index (χ3n) is 4.69. The highest BCUT2D eigenvalue weighted by molar-refractivity contribution is 5.75. The van der Waals surface area contributed by atoms with Crippen LogP contribution in [-0.2, 0) is 11.3 Å². The molecule has 1 atom stereocenters. The fourth-order valence-corrected chi connectivity index (χ4v) is 3.42. The molecule has 1 aliphatic rings. The van der Waals surface area contributed by atoms with Gasteiger partial charge in [-0.3, -0.25) is 14.4 Å². The topological polar surface area (TPSA) is 59.4 Å². The Morgan fingerprint density at radius 3 is 2.76 bits per heavy atom. The number of nitrogens with one attached hydrogen (secondary N) is 1. The molecule has 0 radical (unpaired) electrons. The third kappa shape index (κ3) is 4.60. The van der Waals surface area contributed by atoms with Gasteiger partial charge in [-0.1, -0.05) is 24.6 Å². The number of methoxy groups -OCH3 is 1. The number of hydrogen-bond donors (Lipinski definition) is 1. The van der Waals surface area contributed by atoms with Crippen LogP contribution in [0.1, 0.15) is 30.9 Å². The fourth-order valence-electron chi connectivity index (χ4n) is 3.42. The van der Waals surface area contributed by atoms with Crippen molar-refractivity contribution in [2.45, 2.75) is 31.8 Å². The summed E-state index contributed by atoms with van der Waals surface area (Å²) in [5.41, 5.74) is 1.13. The molecule has 3 rings (SSSR count). The van der Waals surface area contributed by atoms with Crippen LogP contribution in [0.5, 0.6) is 5.75 Å². The van der Waals surface area contributed by atoms with Crippen molar-refractivity contribution in [1.82, 2.24) is 20.0 Å². The summed E-state index contributed by atoms with van der Waals surface area (Å²) < 4.78 is 7.19. The highest BCUT2D eigenvalue weighted by Crippen LogP contribution is 2.30. The van der Waals surface area contributed by atoms with E-state index in [9.17, 15) is 4.79 Å². The Morgan fingerprint density at radius 1 is 1.24 bits per heavy atom. The number of carbonyl (C=O) groups excluding carboxylic acids is 1. The second kappa shape index (κ2) is 8.67. The number of amides is 1. The maximum Gasteiger partial charge on any atom is 0.241 e. The van der Waals surface area contributed by atoms with Gasteiger partial charge in [0.05, 0.1) is 13.2 Å². The quantitative estimate of drug-likeness (QED) is 0.838. The lowest BCUT2D eigenvalue weighted by atomic mass is 10.0. The second-order valence-electron chi connectivity index (χ2n) is 6.36. The van der Waals surface area contributed by atoms with Crippen LogP contribution in [0, 0.1) is 0 Å². The molecule has 6 heteroatoms. The Morgan fingerprint density at radius 2 is 2.04 bits per heavy atom. The van der Waals surface area contributed by atoms with E-state index in [1.165, 1.54) is 19.3 Å². The summed E-state index contributed by atoms with van der Waals surface area (Å²) >= 11 is 0. The maximum absolute atomic E-state index is 12.3. The molecule has 1 aromatic carbocycles. The Balaban J connectivity index is 1.71. The molecule has 0 spiro atoms. The molecule has 1 fully saturated rings. The predicted molar refractivity (Wildman–Crippen MR) is 96.4 cm³/mol. The Kier molecular flexibility index (Phi) is 6.06. The van der Waals surface area contributed by atoms with Crippen LogP contribution in [0.15, 0.2) is 42.7 Å². The molecular weight excluding hydrogens is 316 g/mol. The number of likely N-dealkylation sites (tertiary alicyclic amines) is 1. The number of carbonyl (C=O) groups is 1. The Hall–Kier alpha value is -2.34. The largest absolute Gasteiger partial charge is 0.496 e. The van der Waals surface area contributed by atoms with Gasteiger partial charge in [0.2, 0.25) is 5.91 Å². The molecular formula is C19H26N4O2. The highest BCUT2D eigenvalue weighted by Gasteiger charge is 2.25. The molecule has 2 aromatic rings. The normalized spacial score (nSPS) is 16.4. The molecule has 0 saturated carbocycles. The molecule has 25 heavy (non-hydrogen) atoms. The minimum atomic E-state index is -0.0272. The first-order chi connectivity index (χ1) is 12.3. The molecule has 1 saturated heterocycles. The van der Waals surface area contributed by atoms with Crippen LogP contribution >= 0.6 is 0 Å². The van der Waals surface area contributed by atoms with Crippen LogP contribution in [0.25, 0.3) is 0 Å². The number of para-hydroxylation sites is 1. The van der Waals surface area contributed by atoms with Crippen LogP contribution < -0.4 is 10.1 Å². The predicted octanol–water partition coefficient (Wildman–Crippen LogP) is 2.24. The van der Waals surface area contributed by atoms with Gasteiger partial charge < -0.3 is 10.1 Å². The monoisotopic (exact) mass is 342 g/mol. The Bertz CT molecular complexity index is 666. The first kappa shape index (κ1) is 17.5. The van der Waals surface area contributed by atoms with Gasteiger partial charge in [-0.15, -0.1) is 0 Å². The highest BCUT2D eigenvalue weighted by atomic mass is 16.5. The summed E-state index contributed by atoms with van der Waals surface area (Å²) in [6.07, 6.45) is 7.15. The van der Waals surface area contributed by atoms with E-state index in [0.717, 1.165) is 24.4 Å². The van der Waals surface area contributed by atoms with E-state index in [4.69, 9.17) is 4.74 Å². The maximum atomic E-state index is 12.3. The van der Waals surface area contributed by atoms with Crippen molar-refractivity contribution in [3.63, 3.8) is 0 Å². The first-order valence-electron chi connectivity index (χ1n) is 8.89. The lowest BCUT2D eigenvalue weighted by Crippen LogP contribution is -2.41. The standard InChI is InChI=1S/C19H26N4O2/c1-25-18-9-4-3-8-16(18)17(22-11-5-2-6-12-22)14-20-19(24)15-23-13-7-10-21-23/h3-4,7-10,13,17H,2,5-6,11-12,14-15H2,1H3,(H,20,24). The zero-order chi connectivity index (χ0) is 17.5. The van der Waals surface area contributed by atoms with E-state index < -0.39 is 0 Å². The average molecular weight is 342 g/mol. The van der Waals surface area contributed by atoms with Crippen molar-refractivity contribution < 1.29 is 9.53 Å². The zero-order valence-electron chi connectivity index (χ0n) is 14.7. The minimum Gasteiger partial charge on any atom is -0.496 e. The number of rotatable bonds is 7. The molecule has 2 heterocycles. The van der Waals surface area contributed by atoms with Crippen molar-refractivity contribution in [3.05, 3.63) is 48.3 Å². The molecule has 0 bridgehead atoms. The van der Waals surface area contributed by atoms with Crippen molar-refractivity contribution in [2.75, 3.05) is 26.7 Å². The molecule has 1 aromatic heterocycles. The second-order valence-corrected chi connectivity index (χ2v) is 6.36. The first-order valence-corrected chi connectivity index (χ1v) is 8.89. The van der Waals surface area contributed by atoms with Gasteiger partial charge in [0.1, 0.15) is 12.3 Å². The number of hydrogen-bond acceptors (Lipinski definition) is 4. The van der Waals surface area contributed by atoms with Crippen LogP contribution in [0.3, 0.4) is 0 Å². The van der Waals surface area contributed by atoms with E-state index >= 15 is 0 Å². The van der Waals surface area contributed by atoms with E-state index in [-0.39, 0.29) is 18.5 Å². The van der Waals surface area contributed by atoms with E-state index in [1.54, 1.807) is 24.2 Å². The molecule has 1 N–H and O–H groups in total. The van der Waals surface area contributed by atoms with E-state index in [2.05, 4.69) is 21.4 Å². The lowest BCUT2D eigenvalue weighted by molar-refractivity contribution is -0.122. The van der Waals surface area contributed by atoms with Gasteiger partial charge in [-0.05, 0) is 38.1 Å². The van der Waals surface area contributed by atoms with Gasteiger partial charge in [0.25, 0.3) is 0 Å². The molecule has 0 aliphatic carbocycles. The third-order valence-corrected chi connectivity index (χ3v) is 4.69. The SMILES string of the molecule is COc1ccccc1C(CNC(=O)Cn1cccn1)N1CCCCC1. The number of benzene rings is 1. The Labute approximate surface area is 148 Å². The number of piperidine rings is 1. The molecule has 1 aliphatic heterocycles. The van der Waals surface area contributed by atoms with Gasteiger partial charge in [0.15, 0.2) is 0 Å². The fraction of sp³-hybridized carbons (Fsp3) is 0.474. The summed E-state index contributed by atoms with van der Waals surface area (Å²) in [4.78, 5) is 14.7. The van der Waals surface area contributed by atoms with Crippen molar-refractivity contribution in [1.29, 1.82) is 0 Å². The average Bonchev–Trinajstić information content (AvgIpc) is 3.16. The van der Waals surface area contributed by atoms with Gasteiger partial charge >= 0.3 is 0 Å². The van der Waals surface area contributed by atoms with Crippen LogP contribution in [0.2, 0.25) is 0 Å². The zero-order valence-corrected chi connectivity index (χ0v) is 14.7. The minimum absolute atomic E-state index is 0.0272. The van der Waals surface area contributed by atoms with E-state index in [0.29, 0.717) is 6.54 Å². The van der Waals surface area contributed by atoms with E-state index in [1.807, 2.05) is 24.3 Å². The lowest BCUT2D eigenvalue weighted by Gasteiger charge is -2.35. The number of aromatic nitrogens is 2. The van der Waals surface area contributed by atoms with Gasteiger partial charge in [-0.25, -0.2) is 0 Å². The van der Waals surface area contributed by atoms with Crippen molar-refractivity contribution in [3.8, 4) is 5.75 Å².